The van der Waals surface area contributed by atoms with Crippen LogP contribution in [-0.2, 0) is 6.42 Å². The maximum Gasteiger partial charge on any atom is 0.211 e. The third-order valence-corrected chi connectivity index (χ3v) is 4.65. The molecule has 0 aromatic carbocycles. The molecule has 5 heteroatoms. The molecule has 0 bridgehead atoms. The molecule has 2 heterocycles. The van der Waals surface area contributed by atoms with E-state index in [1.54, 1.807) is 17.5 Å². The molecule has 0 spiro atoms. The molecule has 3 rings (SSSR count). The molecule has 0 aliphatic heterocycles. The van der Waals surface area contributed by atoms with Crippen molar-refractivity contribution < 1.29 is 4.42 Å². The lowest BCUT2D eigenvalue weighted by molar-refractivity contribution is 0.371. The van der Waals surface area contributed by atoms with Gasteiger partial charge >= 0.3 is 0 Å². The SMILES string of the molecule is Cc1cnc(C(C)NC2CCc3sc(Cl)cc32)o1. The minimum atomic E-state index is 0.119. The Morgan fingerprint density at radius 1 is 1.61 bits per heavy atom. The van der Waals surface area contributed by atoms with Gasteiger partial charge in [-0.2, -0.15) is 0 Å². The smallest absolute Gasteiger partial charge is 0.211 e. The lowest BCUT2D eigenvalue weighted by Crippen LogP contribution is -2.23. The average Bonchev–Trinajstić information content (AvgIpc) is 2.97. The van der Waals surface area contributed by atoms with Gasteiger partial charge in [0.05, 0.1) is 16.6 Å². The van der Waals surface area contributed by atoms with E-state index in [1.165, 1.54) is 10.4 Å². The second-order valence-electron chi connectivity index (χ2n) is 4.72. The normalized spacial score (nSPS) is 20.1. The number of fused-ring (bicyclic) bond motifs is 1. The molecular weight excluding hydrogens is 268 g/mol. The van der Waals surface area contributed by atoms with Gasteiger partial charge in [-0.3, -0.25) is 5.32 Å². The fourth-order valence-corrected chi connectivity index (χ4v) is 3.81. The molecule has 1 aliphatic rings. The van der Waals surface area contributed by atoms with E-state index in [1.807, 2.05) is 6.92 Å². The predicted octanol–water partition coefficient (Wildman–Crippen LogP) is 4.04. The highest BCUT2D eigenvalue weighted by Crippen LogP contribution is 2.40. The summed E-state index contributed by atoms with van der Waals surface area (Å²) >= 11 is 7.75. The molecule has 1 N–H and O–H groups in total. The summed E-state index contributed by atoms with van der Waals surface area (Å²) in [4.78, 5) is 5.68. The van der Waals surface area contributed by atoms with Crippen LogP contribution in [0.3, 0.4) is 0 Å². The van der Waals surface area contributed by atoms with E-state index < -0.39 is 0 Å². The van der Waals surface area contributed by atoms with E-state index in [2.05, 4.69) is 23.3 Å². The van der Waals surface area contributed by atoms with Crippen molar-refractivity contribution in [1.29, 1.82) is 0 Å². The topological polar surface area (TPSA) is 38.1 Å². The summed E-state index contributed by atoms with van der Waals surface area (Å²) in [6, 6.07) is 2.57. The fraction of sp³-hybridized carbons (Fsp3) is 0.462. The zero-order valence-corrected chi connectivity index (χ0v) is 11.9. The summed E-state index contributed by atoms with van der Waals surface area (Å²) in [5.74, 6) is 1.60. The van der Waals surface area contributed by atoms with Gasteiger partial charge in [-0.25, -0.2) is 4.98 Å². The van der Waals surface area contributed by atoms with Gasteiger partial charge in [0, 0.05) is 10.9 Å². The lowest BCUT2D eigenvalue weighted by Gasteiger charge is -2.17. The number of nitrogens with one attached hydrogen (secondary N) is 1. The first-order valence-corrected chi connectivity index (χ1v) is 7.29. The third kappa shape index (κ3) is 2.20. The highest BCUT2D eigenvalue weighted by Gasteiger charge is 2.27. The number of thiophene rings is 1. The van der Waals surface area contributed by atoms with Gasteiger partial charge in [0.25, 0.3) is 0 Å². The highest BCUT2D eigenvalue weighted by atomic mass is 35.5. The summed E-state index contributed by atoms with van der Waals surface area (Å²) in [7, 11) is 0. The van der Waals surface area contributed by atoms with Gasteiger partial charge in [0.15, 0.2) is 0 Å². The van der Waals surface area contributed by atoms with E-state index in [0.29, 0.717) is 6.04 Å². The molecule has 0 saturated carbocycles. The van der Waals surface area contributed by atoms with E-state index in [-0.39, 0.29) is 6.04 Å². The van der Waals surface area contributed by atoms with Crippen molar-refractivity contribution in [3.8, 4) is 0 Å². The maximum absolute atomic E-state index is 6.06. The molecule has 2 aromatic heterocycles. The van der Waals surface area contributed by atoms with Gasteiger partial charge in [-0.15, -0.1) is 11.3 Å². The van der Waals surface area contributed by atoms with Gasteiger partial charge < -0.3 is 4.42 Å². The van der Waals surface area contributed by atoms with Crippen LogP contribution < -0.4 is 5.32 Å². The number of rotatable bonds is 3. The number of aryl methyl sites for hydroxylation is 2. The predicted molar refractivity (Wildman–Crippen MR) is 73.2 cm³/mol. The number of hydrogen-bond donors (Lipinski definition) is 1. The molecule has 0 radical (unpaired) electrons. The first kappa shape index (κ1) is 12.2. The Labute approximate surface area is 115 Å². The van der Waals surface area contributed by atoms with E-state index in [0.717, 1.165) is 28.8 Å². The molecule has 2 atom stereocenters. The van der Waals surface area contributed by atoms with Gasteiger partial charge in [0.2, 0.25) is 5.89 Å². The van der Waals surface area contributed by atoms with Crippen molar-refractivity contribution in [2.24, 2.45) is 0 Å². The Hall–Kier alpha value is -0.840. The van der Waals surface area contributed by atoms with E-state index in [9.17, 15) is 0 Å². The number of aromatic nitrogens is 1. The van der Waals surface area contributed by atoms with Crippen molar-refractivity contribution in [1.82, 2.24) is 10.3 Å². The molecule has 0 saturated heterocycles. The molecule has 3 nitrogen and oxygen atoms in total. The average molecular weight is 283 g/mol. The van der Waals surface area contributed by atoms with Gasteiger partial charge in [-0.1, -0.05) is 11.6 Å². The number of nitrogens with zero attached hydrogens (tertiary/aromatic N) is 1. The quantitative estimate of drug-likeness (QED) is 0.923. The van der Waals surface area contributed by atoms with Crippen LogP contribution in [0, 0.1) is 6.92 Å². The number of halogens is 1. The maximum atomic E-state index is 6.06. The summed E-state index contributed by atoms with van der Waals surface area (Å²) in [5, 5.41) is 3.57. The Morgan fingerprint density at radius 3 is 3.17 bits per heavy atom. The number of hydrogen-bond acceptors (Lipinski definition) is 4. The molecule has 0 amide bonds. The van der Waals surface area contributed by atoms with Crippen LogP contribution in [0.1, 0.15) is 47.5 Å². The second kappa shape index (κ2) is 4.68. The highest BCUT2D eigenvalue weighted by molar-refractivity contribution is 7.16. The molecular formula is C13H15ClN2OS. The van der Waals surface area contributed by atoms with Crippen molar-refractivity contribution in [3.63, 3.8) is 0 Å². The monoisotopic (exact) mass is 282 g/mol. The van der Waals surface area contributed by atoms with Crippen LogP contribution >= 0.6 is 22.9 Å². The zero-order valence-electron chi connectivity index (χ0n) is 10.4. The van der Waals surface area contributed by atoms with Crippen LogP contribution in [0.5, 0.6) is 0 Å². The fourth-order valence-electron chi connectivity index (χ4n) is 2.45. The van der Waals surface area contributed by atoms with Crippen LogP contribution in [0.15, 0.2) is 16.7 Å². The summed E-state index contributed by atoms with van der Waals surface area (Å²) in [6.07, 6.45) is 4.00. The molecule has 2 unspecified atom stereocenters. The third-order valence-electron chi connectivity index (χ3n) is 3.31. The van der Waals surface area contributed by atoms with Crippen LogP contribution in [0.4, 0.5) is 0 Å². The molecule has 1 aliphatic carbocycles. The summed E-state index contributed by atoms with van der Waals surface area (Å²) in [6.45, 7) is 3.99. The molecule has 0 fully saturated rings. The van der Waals surface area contributed by atoms with Gasteiger partial charge in [0.1, 0.15) is 5.76 Å². The minimum absolute atomic E-state index is 0.119. The van der Waals surface area contributed by atoms with Crippen molar-refractivity contribution in [3.05, 3.63) is 38.7 Å². The van der Waals surface area contributed by atoms with Crippen molar-refractivity contribution >= 4 is 22.9 Å². The molecule has 96 valence electrons. The van der Waals surface area contributed by atoms with Crippen LogP contribution in [-0.4, -0.2) is 4.98 Å². The minimum Gasteiger partial charge on any atom is -0.444 e. The molecule has 18 heavy (non-hydrogen) atoms. The lowest BCUT2D eigenvalue weighted by atomic mass is 10.1. The van der Waals surface area contributed by atoms with E-state index in [4.69, 9.17) is 16.0 Å². The van der Waals surface area contributed by atoms with E-state index >= 15 is 0 Å². The first-order valence-electron chi connectivity index (χ1n) is 6.10. The largest absolute Gasteiger partial charge is 0.444 e. The Morgan fingerprint density at radius 2 is 2.44 bits per heavy atom. The second-order valence-corrected chi connectivity index (χ2v) is 6.49. The Balaban J connectivity index is 1.74. The summed E-state index contributed by atoms with van der Waals surface area (Å²) < 4.78 is 6.43. The molecule has 2 aromatic rings. The number of oxazole rings is 1. The van der Waals surface area contributed by atoms with Crippen molar-refractivity contribution in [2.75, 3.05) is 0 Å². The Kier molecular flexibility index (Phi) is 3.18. The Bertz CT molecular complexity index is 563. The zero-order chi connectivity index (χ0) is 12.7. The van der Waals surface area contributed by atoms with Gasteiger partial charge in [-0.05, 0) is 38.3 Å². The first-order chi connectivity index (χ1) is 8.63. The van der Waals surface area contributed by atoms with Crippen LogP contribution in [0.25, 0.3) is 0 Å². The van der Waals surface area contributed by atoms with Crippen LogP contribution in [0.2, 0.25) is 4.34 Å². The standard InChI is InChI=1S/C13H15ClN2OS/c1-7-6-15-13(17-7)8(2)16-10-3-4-11-9(10)5-12(14)18-11/h5-6,8,10,16H,3-4H2,1-2H3. The summed E-state index contributed by atoms with van der Waals surface area (Å²) in [5.41, 5.74) is 1.35. The van der Waals surface area contributed by atoms with Crippen molar-refractivity contribution in [2.45, 2.75) is 38.8 Å².